The molecule has 1 aliphatic rings. The van der Waals surface area contributed by atoms with E-state index >= 15 is 0 Å². The first-order chi connectivity index (χ1) is 15.0. The Kier molecular flexibility index (Phi) is 6.65. The lowest BCUT2D eigenvalue weighted by Crippen LogP contribution is -2.24. The van der Waals surface area contributed by atoms with E-state index in [0.717, 1.165) is 22.6 Å². The van der Waals surface area contributed by atoms with Gasteiger partial charge in [0.1, 0.15) is 6.26 Å². The van der Waals surface area contributed by atoms with E-state index in [0.29, 0.717) is 42.1 Å². The Morgan fingerprint density at radius 3 is 2.74 bits per heavy atom. The number of aromatic nitrogens is 1. The molecule has 4 rings (SSSR count). The van der Waals surface area contributed by atoms with E-state index in [2.05, 4.69) is 15.2 Å². The number of benzene rings is 2. The zero-order valence-corrected chi connectivity index (χ0v) is 18.4. The van der Waals surface area contributed by atoms with Crippen molar-refractivity contribution in [3.05, 3.63) is 75.4 Å². The molecule has 0 fully saturated rings. The predicted octanol–water partition coefficient (Wildman–Crippen LogP) is 4.66. The number of amides is 1. The third kappa shape index (κ3) is 5.31. The number of hydrogen-bond acceptors (Lipinski definition) is 6. The quantitative estimate of drug-likeness (QED) is 0.525. The number of hydrogen-bond donors (Lipinski definition) is 1. The van der Waals surface area contributed by atoms with E-state index in [9.17, 15) is 4.79 Å². The number of ether oxygens (including phenoxy) is 2. The first-order valence-corrected chi connectivity index (χ1v) is 10.5. The van der Waals surface area contributed by atoms with Crippen molar-refractivity contribution in [2.75, 3.05) is 13.3 Å². The summed E-state index contributed by atoms with van der Waals surface area (Å²) in [7, 11) is 0. The summed E-state index contributed by atoms with van der Waals surface area (Å²) in [6, 6.07) is 11.2. The van der Waals surface area contributed by atoms with E-state index in [1.54, 1.807) is 12.1 Å². The Balaban J connectivity index is 1.55. The molecule has 0 saturated heterocycles. The minimum atomic E-state index is -0.263. The molecule has 9 heteroatoms. The summed E-state index contributed by atoms with van der Waals surface area (Å²) in [5.41, 5.74) is 2.21. The van der Waals surface area contributed by atoms with Gasteiger partial charge in [-0.3, -0.25) is 9.69 Å². The molecular weight excluding hydrogens is 441 g/mol. The average Bonchev–Trinajstić information content (AvgIpc) is 3.39. The molecule has 2 aromatic carbocycles. The standard InChI is InChI=1S/C22H21Cl2N3O4/c1-2-25-22(28)18-12-29-21(26-18)11-27(10-15-4-5-16(23)8-17(15)24)9-14-3-6-19-20(7-14)31-13-30-19/h3-8,12H,2,9-11,13H2,1H3,(H,25,28). The maximum absolute atomic E-state index is 12.0. The minimum absolute atomic E-state index is 0.224. The van der Waals surface area contributed by atoms with Gasteiger partial charge >= 0.3 is 0 Å². The molecule has 1 aliphatic heterocycles. The molecule has 0 saturated carbocycles. The SMILES string of the molecule is CCNC(=O)c1coc(CN(Cc2ccc3c(c2)OCO3)Cc2ccc(Cl)cc2Cl)n1. The van der Waals surface area contributed by atoms with Gasteiger partial charge in [-0.2, -0.15) is 0 Å². The topological polar surface area (TPSA) is 76.8 Å². The van der Waals surface area contributed by atoms with Crippen LogP contribution in [-0.2, 0) is 19.6 Å². The fourth-order valence-corrected chi connectivity index (χ4v) is 3.75. The molecule has 3 aromatic rings. The van der Waals surface area contributed by atoms with Gasteiger partial charge < -0.3 is 19.2 Å². The normalized spacial score (nSPS) is 12.4. The van der Waals surface area contributed by atoms with Gasteiger partial charge in [-0.15, -0.1) is 0 Å². The van der Waals surface area contributed by atoms with Gasteiger partial charge in [0.15, 0.2) is 17.2 Å². The van der Waals surface area contributed by atoms with E-state index < -0.39 is 0 Å². The lowest BCUT2D eigenvalue weighted by atomic mass is 10.1. The largest absolute Gasteiger partial charge is 0.454 e. The summed E-state index contributed by atoms with van der Waals surface area (Å²) in [5.74, 6) is 1.62. The van der Waals surface area contributed by atoms with Crippen LogP contribution in [0.1, 0.15) is 34.4 Å². The van der Waals surface area contributed by atoms with Crippen molar-refractivity contribution in [2.45, 2.75) is 26.6 Å². The van der Waals surface area contributed by atoms with Crippen LogP contribution in [0.25, 0.3) is 0 Å². The Labute approximate surface area is 189 Å². The maximum Gasteiger partial charge on any atom is 0.273 e. The van der Waals surface area contributed by atoms with Crippen molar-refractivity contribution in [1.82, 2.24) is 15.2 Å². The molecule has 162 valence electrons. The molecule has 1 aromatic heterocycles. The Hall–Kier alpha value is -2.74. The summed E-state index contributed by atoms with van der Waals surface area (Å²) in [4.78, 5) is 18.4. The van der Waals surface area contributed by atoms with Crippen molar-refractivity contribution in [3.8, 4) is 11.5 Å². The number of oxazole rings is 1. The Morgan fingerprint density at radius 1 is 1.10 bits per heavy atom. The number of rotatable bonds is 8. The van der Waals surface area contributed by atoms with E-state index in [1.165, 1.54) is 6.26 Å². The van der Waals surface area contributed by atoms with Crippen LogP contribution in [0.15, 0.2) is 47.1 Å². The highest BCUT2D eigenvalue weighted by Crippen LogP contribution is 2.33. The molecule has 0 spiro atoms. The average molecular weight is 462 g/mol. The molecule has 0 bridgehead atoms. The Bertz CT molecular complexity index is 1090. The molecule has 0 atom stereocenters. The molecular formula is C22H21Cl2N3O4. The van der Waals surface area contributed by atoms with Crippen molar-refractivity contribution in [2.24, 2.45) is 0 Å². The second-order valence-corrected chi connectivity index (χ2v) is 7.90. The maximum atomic E-state index is 12.0. The number of halogens is 2. The summed E-state index contributed by atoms with van der Waals surface area (Å²) >= 11 is 12.4. The van der Waals surface area contributed by atoms with Gasteiger partial charge in [0.05, 0.1) is 6.54 Å². The first kappa shape index (κ1) is 21.5. The van der Waals surface area contributed by atoms with Gasteiger partial charge in [-0.05, 0) is 42.3 Å². The zero-order valence-electron chi connectivity index (χ0n) is 16.9. The summed E-state index contributed by atoms with van der Waals surface area (Å²) in [6.07, 6.45) is 1.37. The molecule has 0 unspecified atom stereocenters. The van der Waals surface area contributed by atoms with Crippen LogP contribution in [-0.4, -0.2) is 29.1 Å². The van der Waals surface area contributed by atoms with Crippen molar-refractivity contribution in [3.63, 3.8) is 0 Å². The minimum Gasteiger partial charge on any atom is -0.454 e. The number of nitrogens with one attached hydrogen (secondary N) is 1. The number of nitrogens with zero attached hydrogens (tertiary/aromatic N) is 2. The molecule has 0 radical (unpaired) electrons. The summed E-state index contributed by atoms with van der Waals surface area (Å²) < 4.78 is 16.4. The number of carbonyl (C=O) groups excluding carboxylic acids is 1. The van der Waals surface area contributed by atoms with Crippen LogP contribution in [0.4, 0.5) is 0 Å². The zero-order chi connectivity index (χ0) is 21.8. The number of carbonyl (C=O) groups is 1. The third-order valence-electron chi connectivity index (χ3n) is 4.73. The highest BCUT2D eigenvalue weighted by molar-refractivity contribution is 6.35. The van der Waals surface area contributed by atoms with Crippen molar-refractivity contribution >= 4 is 29.1 Å². The lowest BCUT2D eigenvalue weighted by Gasteiger charge is -2.22. The fraction of sp³-hybridized carbons (Fsp3) is 0.273. The van der Waals surface area contributed by atoms with E-state index in [4.69, 9.17) is 37.1 Å². The van der Waals surface area contributed by atoms with E-state index in [-0.39, 0.29) is 18.4 Å². The van der Waals surface area contributed by atoms with Gasteiger partial charge in [0, 0.05) is 29.7 Å². The summed E-state index contributed by atoms with van der Waals surface area (Å²) in [5, 5.41) is 3.88. The van der Waals surface area contributed by atoms with E-state index in [1.807, 2.05) is 31.2 Å². The van der Waals surface area contributed by atoms with Crippen LogP contribution in [0.2, 0.25) is 10.0 Å². The predicted molar refractivity (Wildman–Crippen MR) is 116 cm³/mol. The van der Waals surface area contributed by atoms with Crippen molar-refractivity contribution in [1.29, 1.82) is 0 Å². The second kappa shape index (κ2) is 9.60. The monoisotopic (exact) mass is 461 g/mol. The number of fused-ring (bicyclic) bond motifs is 1. The lowest BCUT2D eigenvalue weighted by molar-refractivity contribution is 0.0950. The fourth-order valence-electron chi connectivity index (χ4n) is 3.29. The first-order valence-electron chi connectivity index (χ1n) is 9.79. The Morgan fingerprint density at radius 2 is 1.94 bits per heavy atom. The van der Waals surface area contributed by atoms with Gasteiger partial charge in [0.25, 0.3) is 5.91 Å². The highest BCUT2D eigenvalue weighted by Gasteiger charge is 2.18. The smallest absolute Gasteiger partial charge is 0.273 e. The van der Waals surface area contributed by atoms with Crippen LogP contribution >= 0.6 is 23.2 Å². The summed E-state index contributed by atoms with van der Waals surface area (Å²) in [6.45, 7) is 4.08. The van der Waals surface area contributed by atoms with Crippen molar-refractivity contribution < 1.29 is 18.7 Å². The molecule has 1 amide bonds. The van der Waals surface area contributed by atoms with Crippen LogP contribution < -0.4 is 14.8 Å². The molecule has 2 heterocycles. The third-order valence-corrected chi connectivity index (χ3v) is 5.32. The van der Waals surface area contributed by atoms with Crippen LogP contribution in [0.3, 0.4) is 0 Å². The second-order valence-electron chi connectivity index (χ2n) is 7.05. The molecule has 1 N–H and O–H groups in total. The van der Waals surface area contributed by atoms with Crippen LogP contribution in [0.5, 0.6) is 11.5 Å². The molecule has 31 heavy (non-hydrogen) atoms. The molecule has 0 aliphatic carbocycles. The van der Waals surface area contributed by atoms with Gasteiger partial charge in [0.2, 0.25) is 12.7 Å². The van der Waals surface area contributed by atoms with Crippen LogP contribution in [0, 0.1) is 0 Å². The van der Waals surface area contributed by atoms with Gasteiger partial charge in [-0.1, -0.05) is 35.3 Å². The van der Waals surface area contributed by atoms with Gasteiger partial charge in [-0.25, -0.2) is 4.98 Å². The molecule has 7 nitrogen and oxygen atoms in total. The highest BCUT2D eigenvalue weighted by atomic mass is 35.5.